The quantitative estimate of drug-likeness (QED) is 0.776. The van der Waals surface area contributed by atoms with E-state index in [2.05, 4.69) is 4.98 Å². The summed E-state index contributed by atoms with van der Waals surface area (Å²) in [4.78, 5) is 7.50. The summed E-state index contributed by atoms with van der Waals surface area (Å²) in [6, 6.07) is 6.52. The zero-order valence-electron chi connectivity index (χ0n) is 13.7. The molecule has 2 aromatic rings. The van der Waals surface area contributed by atoms with Crippen molar-refractivity contribution in [2.24, 2.45) is 0 Å². The number of alkyl halides is 4. The molecule has 0 aliphatic carbocycles. The van der Waals surface area contributed by atoms with Gasteiger partial charge in [-0.05, 0) is 19.1 Å². The number of hydrogen-bond acceptors (Lipinski definition) is 3. The molecule has 136 valence electrons. The molecular weight excluding hydrogens is 341 g/mol. The van der Waals surface area contributed by atoms with Gasteiger partial charge in [-0.2, -0.15) is 8.78 Å². The lowest BCUT2D eigenvalue weighted by molar-refractivity contribution is -0.142. The van der Waals surface area contributed by atoms with Crippen LogP contribution in [0.3, 0.4) is 0 Å². The van der Waals surface area contributed by atoms with Gasteiger partial charge in [0.1, 0.15) is 11.3 Å². The van der Waals surface area contributed by atoms with E-state index in [4.69, 9.17) is 0 Å². The SMILES string of the molecule is Cc1cc(N2CCN(CC(F)(F)C(F)F)CC2)c2cccc(F)c2n1. The molecule has 3 rings (SSSR count). The zero-order chi connectivity index (χ0) is 18.2. The van der Waals surface area contributed by atoms with Gasteiger partial charge in [-0.3, -0.25) is 4.90 Å². The Hall–Kier alpha value is -1.96. The number of fused-ring (bicyclic) bond motifs is 1. The lowest BCUT2D eigenvalue weighted by Gasteiger charge is -2.37. The summed E-state index contributed by atoms with van der Waals surface area (Å²) in [5, 5.41) is 0.650. The number of aromatic nitrogens is 1. The molecule has 0 N–H and O–H groups in total. The number of pyridine rings is 1. The fourth-order valence-corrected chi connectivity index (χ4v) is 3.10. The Morgan fingerprint density at radius 1 is 1.16 bits per heavy atom. The molecule has 0 radical (unpaired) electrons. The smallest absolute Gasteiger partial charge is 0.319 e. The molecule has 1 saturated heterocycles. The van der Waals surface area contributed by atoms with Gasteiger partial charge in [0.15, 0.2) is 0 Å². The highest BCUT2D eigenvalue weighted by atomic mass is 19.3. The van der Waals surface area contributed by atoms with E-state index in [9.17, 15) is 22.0 Å². The van der Waals surface area contributed by atoms with Gasteiger partial charge in [0.05, 0.1) is 6.54 Å². The molecular formula is C17H18F5N3. The van der Waals surface area contributed by atoms with Crippen LogP contribution >= 0.6 is 0 Å². The molecule has 1 aliphatic rings. The molecule has 8 heteroatoms. The van der Waals surface area contributed by atoms with Crippen LogP contribution in [0, 0.1) is 12.7 Å². The number of para-hydroxylation sites is 1. The number of hydrogen-bond donors (Lipinski definition) is 0. The molecule has 0 atom stereocenters. The van der Waals surface area contributed by atoms with E-state index in [0.29, 0.717) is 24.2 Å². The summed E-state index contributed by atoms with van der Waals surface area (Å²) < 4.78 is 65.1. The number of anilines is 1. The third kappa shape index (κ3) is 3.68. The molecule has 0 bridgehead atoms. The first kappa shape index (κ1) is 17.8. The Morgan fingerprint density at radius 3 is 2.48 bits per heavy atom. The fraction of sp³-hybridized carbons (Fsp3) is 0.471. The second-order valence-corrected chi connectivity index (χ2v) is 6.24. The van der Waals surface area contributed by atoms with Crippen LogP contribution < -0.4 is 4.90 Å². The normalized spacial score (nSPS) is 16.8. The average molecular weight is 359 g/mol. The van der Waals surface area contributed by atoms with Gasteiger partial charge < -0.3 is 4.90 Å². The van der Waals surface area contributed by atoms with Crippen LogP contribution in [0.5, 0.6) is 0 Å². The Morgan fingerprint density at radius 2 is 1.84 bits per heavy atom. The largest absolute Gasteiger partial charge is 0.368 e. The van der Waals surface area contributed by atoms with Gasteiger partial charge in [-0.1, -0.05) is 12.1 Å². The molecule has 2 heterocycles. The monoisotopic (exact) mass is 359 g/mol. The minimum absolute atomic E-state index is 0.237. The first-order chi connectivity index (χ1) is 11.8. The van der Waals surface area contributed by atoms with Crippen molar-refractivity contribution in [3.8, 4) is 0 Å². The number of piperazine rings is 1. The molecule has 3 nitrogen and oxygen atoms in total. The fourth-order valence-electron chi connectivity index (χ4n) is 3.10. The number of nitrogens with zero attached hydrogens (tertiary/aromatic N) is 3. The highest BCUT2D eigenvalue weighted by molar-refractivity contribution is 5.92. The highest BCUT2D eigenvalue weighted by Gasteiger charge is 2.42. The van der Waals surface area contributed by atoms with Crippen LogP contribution in [0.2, 0.25) is 0 Å². The molecule has 1 fully saturated rings. The maximum absolute atomic E-state index is 14.0. The Labute approximate surface area is 142 Å². The number of benzene rings is 1. The number of halogens is 5. The van der Waals surface area contributed by atoms with Gasteiger partial charge in [-0.25, -0.2) is 18.2 Å². The van der Waals surface area contributed by atoms with Crippen molar-refractivity contribution in [2.75, 3.05) is 37.6 Å². The maximum Gasteiger partial charge on any atom is 0.319 e. The average Bonchev–Trinajstić information content (AvgIpc) is 2.55. The molecule has 1 aromatic heterocycles. The summed E-state index contributed by atoms with van der Waals surface area (Å²) >= 11 is 0. The minimum Gasteiger partial charge on any atom is -0.368 e. The van der Waals surface area contributed by atoms with Crippen molar-refractivity contribution >= 4 is 16.6 Å². The molecule has 1 aromatic carbocycles. The standard InChI is InChI=1S/C17H18F5N3/c1-11-9-14(12-3-2-4-13(18)15(12)23-11)25-7-5-24(6-8-25)10-17(21,22)16(19)20/h2-4,9,16H,5-8,10H2,1H3. The Balaban J connectivity index is 1.78. The topological polar surface area (TPSA) is 19.4 Å². The van der Waals surface area contributed by atoms with E-state index in [1.807, 2.05) is 11.0 Å². The van der Waals surface area contributed by atoms with Crippen LogP contribution in [0.4, 0.5) is 27.6 Å². The van der Waals surface area contributed by atoms with Crippen LogP contribution in [0.1, 0.15) is 5.69 Å². The van der Waals surface area contributed by atoms with Crippen LogP contribution in [-0.4, -0.2) is 55.0 Å². The number of aryl methyl sites for hydroxylation is 1. The molecule has 1 aliphatic heterocycles. The van der Waals surface area contributed by atoms with Gasteiger partial charge in [0.2, 0.25) is 0 Å². The van der Waals surface area contributed by atoms with Crippen molar-refractivity contribution in [1.29, 1.82) is 0 Å². The minimum atomic E-state index is -4.01. The molecule has 25 heavy (non-hydrogen) atoms. The van der Waals surface area contributed by atoms with Crippen molar-refractivity contribution in [3.05, 3.63) is 35.8 Å². The van der Waals surface area contributed by atoms with Gasteiger partial charge in [0, 0.05) is 42.9 Å². The maximum atomic E-state index is 14.0. The predicted octanol–water partition coefficient (Wildman–Crippen LogP) is 3.70. The van der Waals surface area contributed by atoms with Gasteiger partial charge in [0.25, 0.3) is 0 Å². The van der Waals surface area contributed by atoms with E-state index in [-0.39, 0.29) is 18.6 Å². The second-order valence-electron chi connectivity index (χ2n) is 6.24. The summed E-state index contributed by atoms with van der Waals surface area (Å²) in [6.45, 7) is 2.07. The van der Waals surface area contributed by atoms with Crippen molar-refractivity contribution in [3.63, 3.8) is 0 Å². The van der Waals surface area contributed by atoms with E-state index in [1.54, 1.807) is 19.1 Å². The van der Waals surface area contributed by atoms with Crippen LogP contribution in [0.15, 0.2) is 24.3 Å². The summed E-state index contributed by atoms with van der Waals surface area (Å²) in [6.07, 6.45) is -3.67. The van der Waals surface area contributed by atoms with Gasteiger partial charge >= 0.3 is 12.3 Å². The Bertz CT molecular complexity index is 757. The molecule has 0 unspecified atom stereocenters. The van der Waals surface area contributed by atoms with E-state index >= 15 is 0 Å². The van der Waals surface area contributed by atoms with E-state index in [1.165, 1.54) is 11.0 Å². The molecule has 0 saturated carbocycles. The van der Waals surface area contributed by atoms with Crippen LogP contribution in [-0.2, 0) is 0 Å². The molecule has 0 spiro atoms. The molecule has 0 amide bonds. The first-order valence-corrected chi connectivity index (χ1v) is 7.97. The van der Waals surface area contributed by atoms with E-state index < -0.39 is 24.7 Å². The van der Waals surface area contributed by atoms with Crippen molar-refractivity contribution in [1.82, 2.24) is 9.88 Å². The summed E-state index contributed by atoms with van der Waals surface area (Å²) in [7, 11) is 0. The first-order valence-electron chi connectivity index (χ1n) is 7.97. The zero-order valence-corrected chi connectivity index (χ0v) is 13.7. The summed E-state index contributed by atoms with van der Waals surface area (Å²) in [5.41, 5.74) is 1.70. The van der Waals surface area contributed by atoms with Crippen molar-refractivity contribution in [2.45, 2.75) is 19.3 Å². The predicted molar refractivity (Wildman–Crippen MR) is 86.0 cm³/mol. The number of rotatable bonds is 4. The van der Waals surface area contributed by atoms with Crippen molar-refractivity contribution < 1.29 is 22.0 Å². The second kappa shape index (κ2) is 6.74. The third-order valence-electron chi connectivity index (χ3n) is 4.36. The summed E-state index contributed by atoms with van der Waals surface area (Å²) in [5.74, 6) is -4.43. The third-order valence-corrected chi connectivity index (χ3v) is 4.36. The van der Waals surface area contributed by atoms with Gasteiger partial charge in [-0.15, -0.1) is 0 Å². The van der Waals surface area contributed by atoms with Crippen LogP contribution in [0.25, 0.3) is 10.9 Å². The lowest BCUT2D eigenvalue weighted by atomic mass is 10.1. The van der Waals surface area contributed by atoms with E-state index in [0.717, 1.165) is 5.69 Å². The lowest BCUT2D eigenvalue weighted by Crippen LogP contribution is -2.51. The Kier molecular flexibility index (Phi) is 4.81. The highest BCUT2D eigenvalue weighted by Crippen LogP contribution is 2.30.